The van der Waals surface area contributed by atoms with Gasteiger partial charge in [0.05, 0.1) is 17.8 Å². The largest absolute Gasteiger partial charge is 0.382 e. The molecular formula is C18H21N5O2. The van der Waals surface area contributed by atoms with Crippen LogP contribution in [0.3, 0.4) is 0 Å². The van der Waals surface area contributed by atoms with Gasteiger partial charge in [0.15, 0.2) is 0 Å². The van der Waals surface area contributed by atoms with Crippen LogP contribution in [0.2, 0.25) is 0 Å². The number of aromatic nitrogens is 3. The van der Waals surface area contributed by atoms with Crippen LogP contribution in [-0.4, -0.2) is 38.5 Å². The lowest BCUT2D eigenvalue weighted by Gasteiger charge is -2.32. The molecule has 1 amide bonds. The van der Waals surface area contributed by atoms with Crippen molar-refractivity contribution in [3.8, 4) is 0 Å². The van der Waals surface area contributed by atoms with E-state index >= 15 is 0 Å². The molecule has 2 aromatic heterocycles. The van der Waals surface area contributed by atoms with Crippen LogP contribution in [-0.2, 0) is 9.63 Å². The third-order valence-electron chi connectivity index (χ3n) is 4.88. The zero-order valence-corrected chi connectivity index (χ0v) is 13.9. The summed E-state index contributed by atoms with van der Waals surface area (Å²) < 4.78 is 1.96. The van der Waals surface area contributed by atoms with Gasteiger partial charge in [0.1, 0.15) is 0 Å². The standard InChI is InChI=1S/C18H21N5O2/c24-18(17-11-15(22-25-17)13-5-3-8-19-12-13)21-14-6-1-2-7-16(14)23-10-4-9-20-23/h3-5,8-10,12,14,16-17H,1-2,6-7,11H2,(H,21,24)/t14-,16+,17+/m1/s1. The molecule has 1 N–H and O–H groups in total. The molecule has 0 bridgehead atoms. The number of nitrogens with one attached hydrogen (secondary N) is 1. The van der Waals surface area contributed by atoms with Crippen LogP contribution < -0.4 is 5.32 Å². The minimum absolute atomic E-state index is 0.0761. The molecule has 130 valence electrons. The zero-order valence-electron chi connectivity index (χ0n) is 13.9. The average molecular weight is 339 g/mol. The predicted octanol–water partition coefficient (Wildman–Crippen LogP) is 2.07. The maximum atomic E-state index is 12.7. The molecule has 25 heavy (non-hydrogen) atoms. The van der Waals surface area contributed by atoms with E-state index in [1.165, 1.54) is 0 Å². The van der Waals surface area contributed by atoms with Crippen molar-refractivity contribution in [3.63, 3.8) is 0 Å². The molecule has 7 heteroatoms. The Labute approximate surface area is 146 Å². The van der Waals surface area contributed by atoms with Crippen LogP contribution in [0, 0.1) is 0 Å². The number of hydrogen-bond acceptors (Lipinski definition) is 5. The van der Waals surface area contributed by atoms with E-state index in [1.54, 1.807) is 18.6 Å². The molecule has 0 spiro atoms. The van der Waals surface area contributed by atoms with Crippen molar-refractivity contribution < 1.29 is 9.63 Å². The highest BCUT2D eigenvalue weighted by atomic mass is 16.6. The Bertz CT molecular complexity index is 744. The Morgan fingerprint density at radius 1 is 1.24 bits per heavy atom. The van der Waals surface area contributed by atoms with Gasteiger partial charge in [-0.05, 0) is 31.0 Å². The fourth-order valence-corrected chi connectivity index (χ4v) is 3.57. The number of carbonyl (C=O) groups excluding carboxylic acids is 1. The Hall–Kier alpha value is -2.70. The van der Waals surface area contributed by atoms with Gasteiger partial charge in [-0.25, -0.2) is 0 Å². The molecule has 3 atom stereocenters. The van der Waals surface area contributed by atoms with Gasteiger partial charge in [-0.15, -0.1) is 0 Å². The zero-order chi connectivity index (χ0) is 17.1. The Morgan fingerprint density at radius 3 is 2.96 bits per heavy atom. The predicted molar refractivity (Wildman–Crippen MR) is 91.9 cm³/mol. The number of hydrogen-bond donors (Lipinski definition) is 1. The Balaban J connectivity index is 1.39. The second-order valence-corrected chi connectivity index (χ2v) is 6.53. The number of oxime groups is 1. The van der Waals surface area contributed by atoms with E-state index < -0.39 is 6.10 Å². The topological polar surface area (TPSA) is 81.4 Å². The number of amides is 1. The molecule has 2 aliphatic rings. The molecule has 0 unspecified atom stereocenters. The molecule has 0 aromatic carbocycles. The van der Waals surface area contributed by atoms with Crippen LogP contribution in [0.15, 0.2) is 48.1 Å². The Kier molecular flexibility index (Phi) is 4.45. The van der Waals surface area contributed by atoms with E-state index in [-0.39, 0.29) is 18.0 Å². The summed E-state index contributed by atoms with van der Waals surface area (Å²) in [6.45, 7) is 0. The number of pyridine rings is 1. The van der Waals surface area contributed by atoms with E-state index in [4.69, 9.17) is 4.84 Å². The number of nitrogens with zero attached hydrogens (tertiary/aromatic N) is 4. The highest BCUT2D eigenvalue weighted by Crippen LogP contribution is 2.28. The van der Waals surface area contributed by atoms with Gasteiger partial charge in [-0.2, -0.15) is 5.10 Å². The molecular weight excluding hydrogens is 318 g/mol. The molecule has 1 fully saturated rings. The first-order chi connectivity index (χ1) is 12.3. The Morgan fingerprint density at radius 2 is 2.16 bits per heavy atom. The minimum Gasteiger partial charge on any atom is -0.382 e. The molecule has 0 radical (unpaired) electrons. The first-order valence-electron chi connectivity index (χ1n) is 8.74. The lowest BCUT2D eigenvalue weighted by molar-refractivity contribution is -0.132. The average Bonchev–Trinajstić information content (AvgIpc) is 3.35. The van der Waals surface area contributed by atoms with Crippen molar-refractivity contribution in [2.24, 2.45) is 5.16 Å². The lowest BCUT2D eigenvalue weighted by atomic mass is 9.90. The number of carbonyl (C=O) groups is 1. The second kappa shape index (κ2) is 7.04. The van der Waals surface area contributed by atoms with Crippen LogP contribution in [0.1, 0.15) is 43.7 Å². The number of rotatable bonds is 4. The van der Waals surface area contributed by atoms with E-state index in [0.717, 1.165) is 37.0 Å². The maximum absolute atomic E-state index is 12.7. The van der Waals surface area contributed by atoms with Crippen molar-refractivity contribution in [1.29, 1.82) is 0 Å². The molecule has 4 rings (SSSR count). The molecule has 0 saturated heterocycles. The monoisotopic (exact) mass is 339 g/mol. The van der Waals surface area contributed by atoms with Gasteiger partial charge in [0.2, 0.25) is 6.10 Å². The maximum Gasteiger partial charge on any atom is 0.264 e. The van der Waals surface area contributed by atoms with E-state index in [1.807, 2.05) is 29.1 Å². The van der Waals surface area contributed by atoms with E-state index in [2.05, 4.69) is 20.6 Å². The minimum atomic E-state index is -0.574. The smallest absolute Gasteiger partial charge is 0.264 e. The summed E-state index contributed by atoms with van der Waals surface area (Å²) in [4.78, 5) is 22.1. The van der Waals surface area contributed by atoms with Crippen LogP contribution in [0.4, 0.5) is 0 Å². The van der Waals surface area contributed by atoms with Crippen LogP contribution >= 0.6 is 0 Å². The molecule has 3 heterocycles. The highest BCUT2D eigenvalue weighted by Gasteiger charge is 2.34. The van der Waals surface area contributed by atoms with Crippen molar-refractivity contribution >= 4 is 11.6 Å². The summed E-state index contributed by atoms with van der Waals surface area (Å²) in [6, 6.07) is 5.97. The summed E-state index contributed by atoms with van der Waals surface area (Å²) in [5.74, 6) is -0.105. The van der Waals surface area contributed by atoms with Crippen molar-refractivity contribution in [1.82, 2.24) is 20.1 Å². The highest BCUT2D eigenvalue weighted by molar-refractivity contribution is 6.03. The third kappa shape index (κ3) is 3.40. The second-order valence-electron chi connectivity index (χ2n) is 6.53. The molecule has 1 aliphatic heterocycles. The summed E-state index contributed by atoms with van der Waals surface area (Å²) in [6.07, 6.45) is 11.3. The summed E-state index contributed by atoms with van der Waals surface area (Å²) in [7, 11) is 0. The molecule has 2 aromatic rings. The molecule has 1 saturated carbocycles. The first kappa shape index (κ1) is 15.8. The lowest BCUT2D eigenvalue weighted by Crippen LogP contribution is -2.47. The third-order valence-corrected chi connectivity index (χ3v) is 4.88. The van der Waals surface area contributed by atoms with Crippen LogP contribution in [0.5, 0.6) is 0 Å². The van der Waals surface area contributed by atoms with Crippen LogP contribution in [0.25, 0.3) is 0 Å². The van der Waals surface area contributed by atoms with Crippen molar-refractivity contribution in [2.75, 3.05) is 0 Å². The van der Waals surface area contributed by atoms with Gasteiger partial charge in [0.25, 0.3) is 5.91 Å². The van der Waals surface area contributed by atoms with Gasteiger partial charge in [0, 0.05) is 36.8 Å². The molecule has 1 aliphatic carbocycles. The van der Waals surface area contributed by atoms with Gasteiger partial charge in [-0.1, -0.05) is 18.0 Å². The van der Waals surface area contributed by atoms with E-state index in [0.29, 0.717) is 6.42 Å². The summed E-state index contributed by atoms with van der Waals surface area (Å²) >= 11 is 0. The fourth-order valence-electron chi connectivity index (χ4n) is 3.57. The van der Waals surface area contributed by atoms with Crippen molar-refractivity contribution in [2.45, 2.75) is 50.3 Å². The normalized spacial score (nSPS) is 25.9. The quantitative estimate of drug-likeness (QED) is 0.924. The van der Waals surface area contributed by atoms with Gasteiger partial charge < -0.3 is 10.2 Å². The molecule has 7 nitrogen and oxygen atoms in total. The van der Waals surface area contributed by atoms with Gasteiger partial charge >= 0.3 is 0 Å². The fraction of sp³-hybridized carbons (Fsp3) is 0.444. The first-order valence-corrected chi connectivity index (χ1v) is 8.74. The van der Waals surface area contributed by atoms with Gasteiger partial charge in [-0.3, -0.25) is 14.5 Å². The SMILES string of the molecule is O=C(N[C@@H]1CCCC[C@@H]1n1cccn1)[C@@H]1CC(c2cccnc2)=NO1. The van der Waals surface area contributed by atoms with E-state index in [9.17, 15) is 4.79 Å². The van der Waals surface area contributed by atoms with Crippen molar-refractivity contribution in [3.05, 3.63) is 48.5 Å². The summed E-state index contributed by atoms with van der Waals surface area (Å²) in [5.41, 5.74) is 1.66. The summed E-state index contributed by atoms with van der Waals surface area (Å²) in [5, 5.41) is 11.6.